The molecular formula is C10H13N5O4S. The Bertz CT molecular complexity index is 691. The maximum absolute atomic E-state index is 12.0. The molecule has 2 aromatic heterocycles. The van der Waals surface area contributed by atoms with Crippen LogP contribution in [-0.2, 0) is 21.2 Å². The monoisotopic (exact) mass is 299 g/mol. The first-order valence-corrected chi connectivity index (χ1v) is 7.11. The lowest BCUT2D eigenvalue weighted by molar-refractivity contribution is -0.138. The van der Waals surface area contributed by atoms with Gasteiger partial charge in [0.1, 0.15) is 11.9 Å². The average molecular weight is 299 g/mol. The molecule has 4 N–H and O–H groups in total. The molecule has 20 heavy (non-hydrogen) atoms. The van der Waals surface area contributed by atoms with Crippen LogP contribution in [0.15, 0.2) is 23.7 Å². The smallest absolute Gasteiger partial charge is 0.322 e. The van der Waals surface area contributed by atoms with Crippen molar-refractivity contribution in [3.63, 3.8) is 0 Å². The van der Waals surface area contributed by atoms with E-state index in [2.05, 4.69) is 24.7 Å². The van der Waals surface area contributed by atoms with Crippen LogP contribution in [0, 0.1) is 6.92 Å². The van der Waals surface area contributed by atoms with Gasteiger partial charge in [0.15, 0.2) is 5.03 Å². The summed E-state index contributed by atoms with van der Waals surface area (Å²) in [7, 11) is -3.97. The number of aromatic amines is 2. The molecule has 0 saturated carbocycles. The Morgan fingerprint density at radius 3 is 2.75 bits per heavy atom. The van der Waals surface area contributed by atoms with Gasteiger partial charge in [-0.3, -0.25) is 4.79 Å². The lowest BCUT2D eigenvalue weighted by Crippen LogP contribution is -2.42. The molecule has 0 unspecified atom stereocenters. The summed E-state index contributed by atoms with van der Waals surface area (Å²) >= 11 is 0. The number of hydrogen-bond acceptors (Lipinski definition) is 5. The molecule has 108 valence electrons. The Balaban J connectivity index is 2.17. The lowest BCUT2D eigenvalue weighted by atomic mass is 10.2. The quantitative estimate of drug-likeness (QED) is 0.562. The SMILES string of the molecule is Cc1ncc(S(=O)(=O)N[C@@H](Cc2cnc[nH]2)C(=O)O)[nH]1. The van der Waals surface area contributed by atoms with Crippen molar-refractivity contribution in [3.05, 3.63) is 30.2 Å². The molecule has 2 rings (SSSR count). The minimum absolute atomic E-state index is 0.0400. The molecular weight excluding hydrogens is 286 g/mol. The van der Waals surface area contributed by atoms with E-state index in [1.165, 1.54) is 12.5 Å². The third-order valence-electron chi connectivity index (χ3n) is 2.54. The van der Waals surface area contributed by atoms with Gasteiger partial charge in [-0.15, -0.1) is 0 Å². The number of aliphatic carboxylic acids is 1. The van der Waals surface area contributed by atoms with Gasteiger partial charge in [-0.25, -0.2) is 18.4 Å². The Hall–Kier alpha value is -2.20. The van der Waals surface area contributed by atoms with Crippen LogP contribution >= 0.6 is 0 Å². The highest BCUT2D eigenvalue weighted by Gasteiger charge is 2.27. The summed E-state index contributed by atoms with van der Waals surface area (Å²) < 4.78 is 26.1. The first-order valence-electron chi connectivity index (χ1n) is 5.62. The molecule has 2 aromatic rings. The zero-order chi connectivity index (χ0) is 14.8. The maximum Gasteiger partial charge on any atom is 0.322 e. The first-order chi connectivity index (χ1) is 9.38. The molecule has 0 saturated heterocycles. The van der Waals surface area contributed by atoms with Crippen LogP contribution in [0.5, 0.6) is 0 Å². The van der Waals surface area contributed by atoms with Gasteiger partial charge < -0.3 is 15.1 Å². The van der Waals surface area contributed by atoms with Gasteiger partial charge in [-0.05, 0) is 6.92 Å². The summed E-state index contributed by atoms with van der Waals surface area (Å²) in [5.41, 5.74) is 0.515. The summed E-state index contributed by atoms with van der Waals surface area (Å²) in [5.74, 6) is -0.856. The van der Waals surface area contributed by atoms with Crippen molar-refractivity contribution < 1.29 is 18.3 Å². The second-order valence-electron chi connectivity index (χ2n) is 4.13. The van der Waals surface area contributed by atoms with Crippen molar-refractivity contribution in [2.75, 3.05) is 0 Å². The van der Waals surface area contributed by atoms with E-state index in [4.69, 9.17) is 5.11 Å². The van der Waals surface area contributed by atoms with E-state index >= 15 is 0 Å². The first kappa shape index (κ1) is 14.2. The molecule has 0 bridgehead atoms. The van der Waals surface area contributed by atoms with Crippen molar-refractivity contribution in [1.29, 1.82) is 0 Å². The summed E-state index contributed by atoms with van der Waals surface area (Å²) in [5, 5.41) is 8.93. The van der Waals surface area contributed by atoms with E-state index in [9.17, 15) is 13.2 Å². The number of carboxylic acids is 1. The van der Waals surface area contributed by atoms with Crippen LogP contribution in [0.3, 0.4) is 0 Å². The van der Waals surface area contributed by atoms with Crippen molar-refractivity contribution in [2.45, 2.75) is 24.4 Å². The van der Waals surface area contributed by atoms with Crippen LogP contribution in [-0.4, -0.2) is 45.5 Å². The Kier molecular flexibility index (Phi) is 3.86. The fourth-order valence-electron chi connectivity index (χ4n) is 1.58. The molecule has 9 nitrogen and oxygen atoms in total. The molecule has 0 amide bonds. The zero-order valence-electron chi connectivity index (χ0n) is 10.5. The lowest BCUT2D eigenvalue weighted by Gasteiger charge is -2.12. The van der Waals surface area contributed by atoms with E-state index in [1.807, 2.05) is 0 Å². The number of nitrogens with one attached hydrogen (secondary N) is 3. The van der Waals surface area contributed by atoms with E-state index in [-0.39, 0.29) is 11.4 Å². The van der Waals surface area contributed by atoms with Crippen LogP contribution in [0.25, 0.3) is 0 Å². The van der Waals surface area contributed by atoms with Crippen molar-refractivity contribution in [1.82, 2.24) is 24.7 Å². The van der Waals surface area contributed by atoms with Gasteiger partial charge in [-0.1, -0.05) is 0 Å². The molecule has 0 fully saturated rings. The normalized spacial score (nSPS) is 13.2. The summed E-state index contributed by atoms with van der Waals surface area (Å²) in [4.78, 5) is 23.9. The highest BCUT2D eigenvalue weighted by molar-refractivity contribution is 7.89. The third-order valence-corrected chi connectivity index (χ3v) is 3.92. The van der Waals surface area contributed by atoms with Crippen LogP contribution < -0.4 is 4.72 Å². The second kappa shape index (κ2) is 5.43. The van der Waals surface area contributed by atoms with Crippen LogP contribution in [0.2, 0.25) is 0 Å². The van der Waals surface area contributed by atoms with E-state index in [0.717, 1.165) is 6.20 Å². The molecule has 0 aliphatic heterocycles. The van der Waals surface area contributed by atoms with Gasteiger partial charge in [-0.2, -0.15) is 4.72 Å². The number of sulfonamides is 1. The van der Waals surface area contributed by atoms with Crippen molar-refractivity contribution in [3.8, 4) is 0 Å². The second-order valence-corrected chi connectivity index (χ2v) is 5.81. The largest absolute Gasteiger partial charge is 0.480 e. The molecule has 0 aliphatic carbocycles. The topological polar surface area (TPSA) is 141 Å². The van der Waals surface area contributed by atoms with Gasteiger partial charge in [0, 0.05) is 18.3 Å². The zero-order valence-corrected chi connectivity index (χ0v) is 11.3. The number of imidazole rings is 2. The molecule has 0 aromatic carbocycles. The Morgan fingerprint density at radius 2 is 2.25 bits per heavy atom. The minimum atomic E-state index is -3.97. The number of hydrogen-bond donors (Lipinski definition) is 4. The highest BCUT2D eigenvalue weighted by atomic mass is 32.2. The predicted octanol–water partition coefficient (Wildman–Crippen LogP) is -0.585. The minimum Gasteiger partial charge on any atom is -0.480 e. The van der Waals surface area contributed by atoms with Gasteiger partial charge in [0.05, 0.1) is 12.5 Å². The number of nitrogens with zero attached hydrogens (tertiary/aromatic N) is 2. The molecule has 2 heterocycles. The fourth-order valence-corrected chi connectivity index (χ4v) is 2.74. The van der Waals surface area contributed by atoms with Crippen molar-refractivity contribution >= 4 is 16.0 Å². The number of carbonyl (C=O) groups is 1. The predicted molar refractivity (Wildman–Crippen MR) is 67.4 cm³/mol. The van der Waals surface area contributed by atoms with Gasteiger partial charge in [0.25, 0.3) is 10.0 Å². The highest BCUT2D eigenvalue weighted by Crippen LogP contribution is 2.08. The number of aromatic nitrogens is 4. The molecule has 0 radical (unpaired) electrons. The molecule has 10 heteroatoms. The number of aryl methyl sites for hydroxylation is 1. The van der Waals surface area contributed by atoms with Crippen LogP contribution in [0.4, 0.5) is 0 Å². The number of H-pyrrole nitrogens is 2. The van der Waals surface area contributed by atoms with Crippen LogP contribution in [0.1, 0.15) is 11.5 Å². The standard InChI is InChI=1S/C10H13N5O4S/c1-6-12-4-9(14-6)20(18,19)15-8(10(16)17)2-7-3-11-5-13-7/h3-5,8,15H,2H2,1H3,(H,11,13)(H,12,14)(H,16,17)/t8-/m0/s1. The molecule has 1 atom stereocenters. The molecule has 0 aliphatic rings. The van der Waals surface area contributed by atoms with E-state index in [0.29, 0.717) is 11.5 Å². The van der Waals surface area contributed by atoms with Gasteiger partial charge >= 0.3 is 5.97 Å². The van der Waals surface area contributed by atoms with E-state index < -0.39 is 22.0 Å². The van der Waals surface area contributed by atoms with E-state index in [1.54, 1.807) is 6.92 Å². The molecule has 0 spiro atoms. The summed E-state index contributed by atoms with van der Waals surface area (Å²) in [6.07, 6.45) is 3.92. The number of carboxylic acid groups (broad SMARTS) is 1. The van der Waals surface area contributed by atoms with Crippen molar-refractivity contribution in [2.24, 2.45) is 0 Å². The maximum atomic E-state index is 12.0. The summed E-state index contributed by atoms with van der Waals surface area (Å²) in [6.45, 7) is 1.60. The number of rotatable bonds is 6. The Morgan fingerprint density at radius 1 is 1.50 bits per heavy atom. The average Bonchev–Trinajstić information content (AvgIpc) is 2.99. The summed E-state index contributed by atoms with van der Waals surface area (Å²) in [6, 6.07) is -1.30. The third kappa shape index (κ3) is 3.22. The fraction of sp³-hybridized carbons (Fsp3) is 0.300. The van der Waals surface area contributed by atoms with Gasteiger partial charge in [0.2, 0.25) is 0 Å². The Labute approximate surface area is 114 Å².